The number of carbonyl (C=O) groups is 1. The molecule has 0 aromatic carbocycles. The molecular weight excluding hydrogens is 160 g/mol. The molecule has 5 heteroatoms. The molecule has 12 heavy (non-hydrogen) atoms. The van der Waals surface area contributed by atoms with E-state index >= 15 is 0 Å². The Morgan fingerprint density at radius 1 is 1.83 bits per heavy atom. The molecular formula is C7H10N2O3. The van der Waals surface area contributed by atoms with Crippen LogP contribution in [0.5, 0.6) is 0 Å². The summed E-state index contributed by atoms with van der Waals surface area (Å²) in [6.07, 6.45) is 1.82. The highest BCUT2D eigenvalue weighted by molar-refractivity contribution is 5.83. The first-order chi connectivity index (χ1) is 5.74. The van der Waals surface area contributed by atoms with Crippen LogP contribution in [0.2, 0.25) is 0 Å². The fraction of sp³-hybridized carbons (Fsp3) is 0.429. The number of nitrogens with zero attached hydrogens (tertiary/aromatic N) is 1. The van der Waals surface area contributed by atoms with Gasteiger partial charge in [-0.1, -0.05) is 0 Å². The molecule has 0 saturated heterocycles. The maximum atomic E-state index is 10.3. The summed E-state index contributed by atoms with van der Waals surface area (Å²) >= 11 is 0. The Bertz CT molecular complexity index is 269. The maximum absolute atomic E-state index is 10.3. The third kappa shape index (κ3) is 2.06. The number of oxazole rings is 1. The van der Waals surface area contributed by atoms with Crippen LogP contribution in [0.1, 0.15) is 16.4 Å². The second kappa shape index (κ2) is 3.87. The number of rotatable bonds is 4. The number of carboxylic acids is 1. The van der Waals surface area contributed by atoms with E-state index in [1.54, 1.807) is 7.05 Å². The third-order valence-electron chi connectivity index (χ3n) is 1.35. The minimum Gasteiger partial charge on any atom is -0.475 e. The average molecular weight is 170 g/mol. The van der Waals surface area contributed by atoms with Crippen molar-refractivity contribution in [3.63, 3.8) is 0 Å². The van der Waals surface area contributed by atoms with Gasteiger partial charge in [0.05, 0.1) is 6.20 Å². The first-order valence-corrected chi connectivity index (χ1v) is 3.56. The van der Waals surface area contributed by atoms with Crippen molar-refractivity contribution in [2.75, 3.05) is 13.6 Å². The Balaban J connectivity index is 2.58. The van der Waals surface area contributed by atoms with Gasteiger partial charge in [0.1, 0.15) is 0 Å². The van der Waals surface area contributed by atoms with Gasteiger partial charge in [-0.15, -0.1) is 0 Å². The van der Waals surface area contributed by atoms with Crippen molar-refractivity contribution in [2.24, 2.45) is 0 Å². The van der Waals surface area contributed by atoms with E-state index < -0.39 is 5.97 Å². The molecule has 2 N–H and O–H groups in total. The predicted molar refractivity (Wildman–Crippen MR) is 41.1 cm³/mol. The second-order valence-electron chi connectivity index (χ2n) is 2.28. The lowest BCUT2D eigenvalue weighted by atomic mass is 10.4. The minimum absolute atomic E-state index is 0.110. The summed E-state index contributed by atoms with van der Waals surface area (Å²) in [4.78, 5) is 14.1. The average Bonchev–Trinajstić information content (AvgIpc) is 2.48. The van der Waals surface area contributed by atoms with Gasteiger partial charge in [-0.2, -0.15) is 0 Å². The molecule has 1 rings (SSSR count). The molecule has 66 valence electrons. The Kier molecular flexibility index (Phi) is 2.82. The van der Waals surface area contributed by atoms with Crippen LogP contribution in [-0.2, 0) is 6.42 Å². The number of aromatic nitrogens is 1. The summed E-state index contributed by atoms with van der Waals surface area (Å²) < 4.78 is 4.90. The molecule has 0 atom stereocenters. The van der Waals surface area contributed by atoms with Crippen LogP contribution in [0.25, 0.3) is 0 Å². The minimum atomic E-state index is -1.08. The van der Waals surface area contributed by atoms with E-state index in [0.29, 0.717) is 12.3 Å². The zero-order valence-corrected chi connectivity index (χ0v) is 6.70. The van der Waals surface area contributed by atoms with Crippen molar-refractivity contribution < 1.29 is 14.3 Å². The molecule has 0 aliphatic heterocycles. The molecule has 5 nitrogen and oxygen atoms in total. The van der Waals surface area contributed by atoms with Gasteiger partial charge in [-0.05, 0) is 7.05 Å². The van der Waals surface area contributed by atoms with Gasteiger partial charge >= 0.3 is 5.97 Å². The number of nitrogens with one attached hydrogen (secondary N) is 1. The Labute approximate surface area is 69.4 Å². The van der Waals surface area contributed by atoms with E-state index in [1.165, 1.54) is 6.20 Å². The van der Waals surface area contributed by atoms with Crippen molar-refractivity contribution >= 4 is 5.97 Å². The van der Waals surface area contributed by atoms with Crippen LogP contribution in [0, 0.1) is 0 Å². The lowest BCUT2D eigenvalue weighted by molar-refractivity contribution is 0.0660. The quantitative estimate of drug-likeness (QED) is 0.672. The van der Waals surface area contributed by atoms with Crippen molar-refractivity contribution in [1.82, 2.24) is 10.3 Å². The van der Waals surface area contributed by atoms with E-state index in [-0.39, 0.29) is 5.76 Å². The van der Waals surface area contributed by atoms with Crippen LogP contribution < -0.4 is 5.32 Å². The number of hydrogen-bond donors (Lipinski definition) is 2. The highest BCUT2D eigenvalue weighted by Gasteiger charge is 2.09. The Morgan fingerprint density at radius 2 is 2.58 bits per heavy atom. The Morgan fingerprint density at radius 3 is 3.08 bits per heavy atom. The molecule has 0 spiro atoms. The van der Waals surface area contributed by atoms with Crippen LogP contribution >= 0.6 is 0 Å². The first-order valence-electron chi connectivity index (χ1n) is 3.56. The zero-order chi connectivity index (χ0) is 8.97. The Hall–Kier alpha value is -1.36. The van der Waals surface area contributed by atoms with E-state index in [1.807, 2.05) is 0 Å². The van der Waals surface area contributed by atoms with Gasteiger partial charge in [0.15, 0.2) is 5.89 Å². The smallest absolute Gasteiger partial charge is 0.373 e. The number of hydrogen-bond acceptors (Lipinski definition) is 4. The van der Waals surface area contributed by atoms with E-state index in [2.05, 4.69) is 10.3 Å². The molecule has 1 heterocycles. The number of likely N-dealkylation sites (N-methyl/N-ethyl adjacent to an activating group) is 1. The monoisotopic (exact) mass is 170 g/mol. The molecule has 0 saturated carbocycles. The van der Waals surface area contributed by atoms with Gasteiger partial charge < -0.3 is 14.8 Å². The summed E-state index contributed by atoms with van der Waals surface area (Å²) in [6, 6.07) is 0. The highest BCUT2D eigenvalue weighted by Crippen LogP contribution is 2.03. The van der Waals surface area contributed by atoms with Crippen LogP contribution in [0.3, 0.4) is 0 Å². The van der Waals surface area contributed by atoms with Crippen LogP contribution in [0.15, 0.2) is 10.6 Å². The molecule has 0 amide bonds. The molecule has 1 aromatic heterocycles. The van der Waals surface area contributed by atoms with E-state index in [0.717, 1.165) is 6.54 Å². The fourth-order valence-electron chi connectivity index (χ4n) is 0.757. The van der Waals surface area contributed by atoms with Gasteiger partial charge in [-0.3, -0.25) is 0 Å². The highest BCUT2D eigenvalue weighted by atomic mass is 16.4. The lowest BCUT2D eigenvalue weighted by Gasteiger charge is -1.92. The fourth-order valence-corrected chi connectivity index (χ4v) is 0.757. The van der Waals surface area contributed by atoms with Crippen LogP contribution in [-0.4, -0.2) is 29.7 Å². The summed E-state index contributed by atoms with van der Waals surface area (Å²) in [5.74, 6) is -0.749. The second-order valence-corrected chi connectivity index (χ2v) is 2.28. The van der Waals surface area contributed by atoms with Crippen LogP contribution in [0.4, 0.5) is 0 Å². The normalized spacial score (nSPS) is 10.1. The largest absolute Gasteiger partial charge is 0.475 e. The molecule has 0 bridgehead atoms. The predicted octanol–water partition coefficient (Wildman–Crippen LogP) is 0.135. The molecule has 0 radical (unpaired) electrons. The van der Waals surface area contributed by atoms with Crippen molar-refractivity contribution in [2.45, 2.75) is 6.42 Å². The summed E-state index contributed by atoms with van der Waals surface area (Å²) in [6.45, 7) is 0.722. The molecule has 0 unspecified atom stereocenters. The third-order valence-corrected chi connectivity index (χ3v) is 1.35. The van der Waals surface area contributed by atoms with E-state index in [9.17, 15) is 4.79 Å². The van der Waals surface area contributed by atoms with Gasteiger partial charge in [0, 0.05) is 13.0 Å². The van der Waals surface area contributed by atoms with E-state index in [4.69, 9.17) is 9.52 Å². The summed E-state index contributed by atoms with van der Waals surface area (Å²) in [5.41, 5.74) is 0. The standard InChI is InChI=1S/C7H10N2O3/c1-8-3-2-6-9-4-5(12-6)7(10)11/h4,8H,2-3H2,1H3,(H,10,11). The molecule has 1 aromatic rings. The van der Waals surface area contributed by atoms with Crippen molar-refractivity contribution in [3.8, 4) is 0 Å². The van der Waals surface area contributed by atoms with Gasteiger partial charge in [0.25, 0.3) is 0 Å². The first kappa shape index (κ1) is 8.73. The van der Waals surface area contributed by atoms with Crippen molar-refractivity contribution in [3.05, 3.63) is 17.8 Å². The maximum Gasteiger partial charge on any atom is 0.373 e. The van der Waals surface area contributed by atoms with Gasteiger partial charge in [-0.25, -0.2) is 9.78 Å². The summed E-state index contributed by atoms with van der Waals surface area (Å²) in [5, 5.41) is 11.4. The topological polar surface area (TPSA) is 75.4 Å². The summed E-state index contributed by atoms with van der Waals surface area (Å²) in [7, 11) is 1.81. The van der Waals surface area contributed by atoms with Crippen molar-refractivity contribution in [1.29, 1.82) is 0 Å². The number of aromatic carboxylic acids is 1. The molecule has 0 aliphatic carbocycles. The molecule has 0 fully saturated rings. The van der Waals surface area contributed by atoms with Gasteiger partial charge in [0.2, 0.25) is 5.76 Å². The number of carboxylic acid groups (broad SMARTS) is 1. The SMILES string of the molecule is CNCCc1ncc(C(=O)O)o1. The zero-order valence-electron chi connectivity index (χ0n) is 6.70. The lowest BCUT2D eigenvalue weighted by Crippen LogP contribution is -2.10. The molecule has 0 aliphatic rings.